The molecule has 62 valence electrons. The fraction of sp³-hybridized carbons (Fsp3) is 0. The lowest BCUT2D eigenvalue weighted by Gasteiger charge is -2.36. The van der Waals surface area contributed by atoms with Crippen LogP contribution in [0.5, 0.6) is 0 Å². The predicted octanol–water partition coefficient (Wildman–Crippen LogP) is -2.96. The van der Waals surface area contributed by atoms with Gasteiger partial charge >= 0.3 is 5.71 Å². The average molecular weight is 194 g/mol. The van der Waals surface area contributed by atoms with E-state index in [9.17, 15) is 23.8 Å². The zero-order valence-corrected chi connectivity index (χ0v) is 5.95. The van der Waals surface area contributed by atoms with E-state index in [0.717, 1.165) is 0 Å². The third-order valence-electron chi connectivity index (χ3n) is 0.291. The zero-order chi connectivity index (χ0) is 8.41. The van der Waals surface area contributed by atoms with Gasteiger partial charge in [-0.05, 0) is 0 Å². The zero-order valence-electron chi connectivity index (χ0n) is 8.16. The highest BCUT2D eigenvalue weighted by Gasteiger charge is 2.05. The van der Waals surface area contributed by atoms with Crippen LogP contribution in [0.1, 0.15) is 5.71 Å². The van der Waals surface area contributed by atoms with Crippen molar-refractivity contribution in [2.24, 2.45) is 0 Å². The maximum Gasteiger partial charge on any atom is 1.00 e. The molecule has 0 saturated carbocycles. The Morgan fingerprint density at radius 3 is 1.70 bits per heavy atom. The van der Waals surface area contributed by atoms with Crippen LogP contribution in [0, 0.1) is 0 Å². The first kappa shape index (κ1) is 10.2. The van der Waals surface area contributed by atoms with Crippen molar-refractivity contribution in [2.75, 3.05) is 0 Å². The molecule has 1 unspecified atom stereocenters. The molecule has 0 aromatic rings. The molecule has 0 aliphatic rings. The molecule has 10 heavy (non-hydrogen) atoms. The van der Waals surface area contributed by atoms with Crippen molar-refractivity contribution in [3.05, 3.63) is 0 Å². The Bertz CT molecular complexity index is 198. The molecule has 1 atom stereocenters. The van der Waals surface area contributed by atoms with E-state index in [1.807, 2.05) is 0 Å². The maximum absolute atomic E-state index is 9.71. The van der Waals surface area contributed by atoms with Crippen LogP contribution >= 0.6 is 15.6 Å². The van der Waals surface area contributed by atoms with Gasteiger partial charge < -0.3 is 29.2 Å². The van der Waals surface area contributed by atoms with Gasteiger partial charge in [-0.3, -0.25) is 8.88 Å². The summed E-state index contributed by atoms with van der Waals surface area (Å²) in [6, 6.07) is 0. The Hall–Kier alpha value is 0.220. The molecule has 0 heterocycles. The lowest BCUT2D eigenvalue weighted by molar-refractivity contribution is -0.651. The van der Waals surface area contributed by atoms with Crippen LogP contribution in [0.25, 0.3) is 0 Å². The molecule has 0 fully saturated rings. The minimum atomic E-state index is -5.70. The maximum atomic E-state index is 9.71. The van der Waals surface area contributed by atoms with Crippen molar-refractivity contribution in [3.63, 3.8) is 0 Å². The second-order valence-corrected chi connectivity index (χ2v) is 3.64. The molecule has 0 aromatic carbocycles. The van der Waals surface area contributed by atoms with E-state index in [1.165, 1.54) is 0 Å². The normalized spacial score (nSPS) is 18.4. The molecular formula is H4O8P2. The van der Waals surface area contributed by atoms with Gasteiger partial charge in [-0.1, -0.05) is 0 Å². The lowest BCUT2D eigenvalue weighted by Crippen LogP contribution is -2.21. The Balaban J connectivity index is -0.0000000675. The van der Waals surface area contributed by atoms with Gasteiger partial charge in [0.1, 0.15) is 0 Å². The summed E-state index contributed by atoms with van der Waals surface area (Å²) in [5, 5.41) is 9.03. The molecule has 0 aliphatic carbocycles. The summed E-state index contributed by atoms with van der Waals surface area (Å²) >= 11 is 0. The van der Waals surface area contributed by atoms with E-state index < -0.39 is 15.6 Å². The topological polar surface area (TPSA) is 145 Å². The molecule has 0 saturated heterocycles. The highest BCUT2D eigenvalue weighted by Crippen LogP contribution is 2.48. The summed E-state index contributed by atoms with van der Waals surface area (Å²) in [6.45, 7) is 0. The largest absolute Gasteiger partial charge is 1.00 e. The first-order chi connectivity index (χ1) is 4.27. The Morgan fingerprint density at radius 1 is 1.20 bits per heavy atom. The fourth-order valence-corrected chi connectivity index (χ4v) is 1.22. The molecule has 0 aliphatic heterocycles. The SMILES string of the molecule is O=P([O-])([O-])OP(=O)([O-])O[O-].[H+].[H+].[H+].[H+]. The summed E-state index contributed by atoms with van der Waals surface area (Å²) in [6.07, 6.45) is 0. The quantitative estimate of drug-likeness (QED) is 0.263. The second kappa shape index (κ2) is 3.08. The number of hydrogen-bond donors (Lipinski definition) is 0. The van der Waals surface area contributed by atoms with Crippen molar-refractivity contribution in [1.82, 2.24) is 0 Å². The fourth-order valence-electron chi connectivity index (χ4n) is 0.136. The summed E-state index contributed by atoms with van der Waals surface area (Å²) in [5.74, 6) is 0. The number of hydrogen-bond acceptors (Lipinski definition) is 8. The highest BCUT2D eigenvalue weighted by atomic mass is 31.3. The van der Waals surface area contributed by atoms with Crippen molar-refractivity contribution in [1.29, 1.82) is 0 Å². The average Bonchev–Trinajstić information content (AvgIpc) is 1.60. The van der Waals surface area contributed by atoms with Gasteiger partial charge in [0.2, 0.25) is 0 Å². The standard InChI is InChI=1S/H4O8P2/c1-7-10(5,6)8-9(2,3)4/h1H,(H,5,6)(H2,2,3,4). The number of phosphoric acid groups is 2. The summed E-state index contributed by atoms with van der Waals surface area (Å²) in [4.78, 5) is 28.6. The van der Waals surface area contributed by atoms with Gasteiger partial charge in [0, 0.05) is 0 Å². The van der Waals surface area contributed by atoms with Crippen LogP contribution in [-0.2, 0) is 18.1 Å². The first-order valence-electron chi connectivity index (χ1n) is 1.63. The van der Waals surface area contributed by atoms with Crippen LogP contribution in [-0.4, -0.2) is 0 Å². The summed E-state index contributed by atoms with van der Waals surface area (Å²) in [5.41, 5.74) is 0. The van der Waals surface area contributed by atoms with Crippen molar-refractivity contribution >= 4 is 15.6 Å². The molecule has 10 heteroatoms. The third-order valence-corrected chi connectivity index (χ3v) is 2.07. The Kier molecular flexibility index (Phi) is 3.15. The molecular weight excluding hydrogens is 190 g/mol. The number of rotatable bonds is 3. The van der Waals surface area contributed by atoms with E-state index in [4.69, 9.17) is 5.26 Å². The molecule has 0 N–H and O–H groups in total. The first-order valence-corrected chi connectivity index (χ1v) is 4.55. The second-order valence-electron chi connectivity index (χ2n) is 1.05. The molecule has 0 amide bonds. The van der Waals surface area contributed by atoms with Crippen molar-refractivity contribution < 1.29 is 43.8 Å². The van der Waals surface area contributed by atoms with Gasteiger partial charge in [-0.25, -0.2) is 0 Å². The van der Waals surface area contributed by atoms with Crippen LogP contribution in [0.3, 0.4) is 0 Å². The smallest absolute Gasteiger partial charge is 0.790 e. The van der Waals surface area contributed by atoms with Gasteiger partial charge in [-0.15, -0.1) is 0 Å². The molecule has 0 bridgehead atoms. The predicted molar refractivity (Wildman–Crippen MR) is 21.8 cm³/mol. The lowest BCUT2D eigenvalue weighted by atomic mass is 15.0. The van der Waals surface area contributed by atoms with E-state index in [-0.39, 0.29) is 5.71 Å². The molecule has 0 aromatic heterocycles. The van der Waals surface area contributed by atoms with Crippen LogP contribution in [0.4, 0.5) is 0 Å². The van der Waals surface area contributed by atoms with Gasteiger partial charge in [0.25, 0.3) is 7.82 Å². The molecule has 0 spiro atoms. The van der Waals surface area contributed by atoms with E-state index >= 15 is 0 Å². The van der Waals surface area contributed by atoms with E-state index in [1.54, 1.807) is 0 Å². The Morgan fingerprint density at radius 2 is 1.60 bits per heavy atom. The van der Waals surface area contributed by atoms with Crippen LogP contribution in [0.15, 0.2) is 0 Å². The monoisotopic (exact) mass is 194 g/mol. The Labute approximate surface area is 60.7 Å². The minimum Gasteiger partial charge on any atom is -0.790 e. The summed E-state index contributed by atoms with van der Waals surface area (Å²) < 4.78 is 24.1. The third kappa shape index (κ3) is 5.04. The van der Waals surface area contributed by atoms with Crippen LogP contribution < -0.4 is 19.9 Å². The summed E-state index contributed by atoms with van der Waals surface area (Å²) in [7, 11) is -11.2. The van der Waals surface area contributed by atoms with E-state index in [0.29, 0.717) is 0 Å². The molecule has 8 nitrogen and oxygen atoms in total. The van der Waals surface area contributed by atoms with Gasteiger partial charge in [0.15, 0.2) is 0 Å². The molecule has 0 radical (unpaired) electrons. The van der Waals surface area contributed by atoms with Gasteiger partial charge in [-0.2, -0.15) is 0 Å². The van der Waals surface area contributed by atoms with Gasteiger partial charge in [0.05, 0.1) is 7.82 Å². The van der Waals surface area contributed by atoms with E-state index in [2.05, 4.69) is 8.99 Å². The van der Waals surface area contributed by atoms with Crippen molar-refractivity contribution in [2.45, 2.75) is 0 Å². The minimum absolute atomic E-state index is 0. The highest BCUT2D eigenvalue weighted by molar-refractivity contribution is 7.58. The van der Waals surface area contributed by atoms with Crippen molar-refractivity contribution in [3.8, 4) is 0 Å². The molecule has 0 rings (SSSR count). The van der Waals surface area contributed by atoms with Crippen LogP contribution in [0.2, 0.25) is 0 Å².